The van der Waals surface area contributed by atoms with E-state index in [4.69, 9.17) is 4.98 Å². The van der Waals surface area contributed by atoms with E-state index in [1.165, 1.54) is 11.3 Å². The highest BCUT2D eigenvalue weighted by molar-refractivity contribution is 5.88. The SMILES string of the molecule is CC(C)(C)c1ccc(-c2nc3c(N4CCNCC4)ccnc3[nH]2)cc1. The Bertz CT molecular complexity index is 867. The van der Waals surface area contributed by atoms with Crippen LogP contribution in [0.15, 0.2) is 36.5 Å². The van der Waals surface area contributed by atoms with Gasteiger partial charge in [-0.1, -0.05) is 45.0 Å². The number of nitrogens with one attached hydrogen (secondary N) is 2. The number of hydrogen-bond acceptors (Lipinski definition) is 4. The van der Waals surface area contributed by atoms with E-state index in [2.05, 4.69) is 71.3 Å². The third-order valence-corrected chi connectivity index (χ3v) is 4.85. The van der Waals surface area contributed by atoms with Gasteiger partial charge in [-0.25, -0.2) is 9.97 Å². The molecule has 2 N–H and O–H groups in total. The topological polar surface area (TPSA) is 56.8 Å². The van der Waals surface area contributed by atoms with Crippen molar-refractivity contribution in [1.82, 2.24) is 20.3 Å². The highest BCUT2D eigenvalue weighted by Crippen LogP contribution is 2.29. The number of imidazole rings is 1. The zero-order chi connectivity index (χ0) is 17.4. The molecule has 3 heterocycles. The van der Waals surface area contributed by atoms with Gasteiger partial charge in [-0.15, -0.1) is 0 Å². The second kappa shape index (κ2) is 6.15. The lowest BCUT2D eigenvalue weighted by molar-refractivity contribution is 0.590. The molecule has 130 valence electrons. The lowest BCUT2D eigenvalue weighted by Gasteiger charge is -2.29. The van der Waals surface area contributed by atoms with Crippen molar-refractivity contribution in [3.8, 4) is 11.4 Å². The predicted octanol–water partition coefficient (Wildman–Crippen LogP) is 3.33. The van der Waals surface area contributed by atoms with E-state index in [-0.39, 0.29) is 5.41 Å². The van der Waals surface area contributed by atoms with Gasteiger partial charge < -0.3 is 15.2 Å². The number of piperazine rings is 1. The number of anilines is 1. The maximum atomic E-state index is 4.87. The first kappa shape index (κ1) is 16.1. The van der Waals surface area contributed by atoms with Gasteiger partial charge in [0.05, 0.1) is 5.69 Å². The molecule has 25 heavy (non-hydrogen) atoms. The lowest BCUT2D eigenvalue weighted by Crippen LogP contribution is -2.43. The summed E-state index contributed by atoms with van der Waals surface area (Å²) >= 11 is 0. The highest BCUT2D eigenvalue weighted by Gasteiger charge is 2.17. The van der Waals surface area contributed by atoms with Crippen LogP contribution in [-0.4, -0.2) is 41.1 Å². The Kier molecular flexibility index (Phi) is 3.96. The van der Waals surface area contributed by atoms with Crippen molar-refractivity contribution in [1.29, 1.82) is 0 Å². The average Bonchev–Trinajstić information content (AvgIpc) is 3.06. The summed E-state index contributed by atoms with van der Waals surface area (Å²) in [6.07, 6.45) is 1.87. The number of benzene rings is 1. The summed E-state index contributed by atoms with van der Waals surface area (Å²) < 4.78 is 0. The van der Waals surface area contributed by atoms with Crippen LogP contribution in [0.2, 0.25) is 0 Å². The van der Waals surface area contributed by atoms with Crippen molar-refractivity contribution in [2.45, 2.75) is 26.2 Å². The summed E-state index contributed by atoms with van der Waals surface area (Å²) in [5.74, 6) is 0.880. The molecule has 2 aromatic heterocycles. The second-order valence-electron chi connectivity index (χ2n) is 7.68. The number of fused-ring (bicyclic) bond motifs is 1. The maximum absolute atomic E-state index is 4.87. The van der Waals surface area contributed by atoms with Crippen molar-refractivity contribution in [2.24, 2.45) is 0 Å². The van der Waals surface area contributed by atoms with Crippen LogP contribution in [0.3, 0.4) is 0 Å². The molecule has 0 amide bonds. The number of aromatic amines is 1. The smallest absolute Gasteiger partial charge is 0.159 e. The summed E-state index contributed by atoms with van der Waals surface area (Å²) in [5.41, 5.74) is 5.55. The van der Waals surface area contributed by atoms with E-state index in [0.717, 1.165) is 48.7 Å². The molecule has 5 nitrogen and oxygen atoms in total. The fraction of sp³-hybridized carbons (Fsp3) is 0.400. The Morgan fingerprint density at radius 3 is 2.40 bits per heavy atom. The third-order valence-electron chi connectivity index (χ3n) is 4.85. The molecule has 0 aliphatic carbocycles. The van der Waals surface area contributed by atoms with Gasteiger partial charge in [0.1, 0.15) is 11.3 Å². The number of aromatic nitrogens is 3. The van der Waals surface area contributed by atoms with Crippen molar-refractivity contribution < 1.29 is 0 Å². The van der Waals surface area contributed by atoms with Gasteiger partial charge >= 0.3 is 0 Å². The monoisotopic (exact) mass is 335 g/mol. The summed E-state index contributed by atoms with van der Waals surface area (Å²) in [7, 11) is 0. The van der Waals surface area contributed by atoms with E-state index in [1.807, 2.05) is 6.20 Å². The fourth-order valence-electron chi connectivity index (χ4n) is 3.32. The van der Waals surface area contributed by atoms with E-state index >= 15 is 0 Å². The van der Waals surface area contributed by atoms with Crippen LogP contribution < -0.4 is 10.2 Å². The largest absolute Gasteiger partial charge is 0.367 e. The van der Waals surface area contributed by atoms with E-state index in [0.29, 0.717) is 0 Å². The lowest BCUT2D eigenvalue weighted by atomic mass is 9.87. The summed E-state index contributed by atoms with van der Waals surface area (Å²) in [6, 6.07) is 10.7. The van der Waals surface area contributed by atoms with Gasteiger partial charge in [0.2, 0.25) is 0 Å². The molecule has 1 aliphatic rings. The molecule has 0 atom stereocenters. The van der Waals surface area contributed by atoms with E-state index < -0.39 is 0 Å². The minimum Gasteiger partial charge on any atom is -0.367 e. The minimum absolute atomic E-state index is 0.156. The van der Waals surface area contributed by atoms with Gasteiger partial charge in [-0.3, -0.25) is 0 Å². The van der Waals surface area contributed by atoms with Gasteiger partial charge in [0, 0.05) is 37.9 Å². The Morgan fingerprint density at radius 2 is 1.72 bits per heavy atom. The molecule has 0 unspecified atom stereocenters. The molecule has 0 spiro atoms. The van der Waals surface area contributed by atoms with Gasteiger partial charge in [-0.05, 0) is 17.0 Å². The van der Waals surface area contributed by atoms with Crippen molar-refractivity contribution in [2.75, 3.05) is 31.1 Å². The van der Waals surface area contributed by atoms with Crippen molar-refractivity contribution in [3.05, 3.63) is 42.1 Å². The third kappa shape index (κ3) is 3.12. The molecular formula is C20H25N5. The zero-order valence-corrected chi connectivity index (χ0v) is 15.1. The maximum Gasteiger partial charge on any atom is 0.159 e. The first-order valence-electron chi connectivity index (χ1n) is 8.94. The van der Waals surface area contributed by atoms with Gasteiger partial charge in [-0.2, -0.15) is 0 Å². The summed E-state index contributed by atoms with van der Waals surface area (Å²) in [6.45, 7) is 10.7. The standard InChI is InChI=1S/C20H25N5/c1-20(2,3)15-6-4-14(5-7-15)18-23-17-16(8-9-22-19(17)24-18)25-12-10-21-11-13-25/h4-9,21H,10-13H2,1-3H3,(H,22,23,24). The zero-order valence-electron chi connectivity index (χ0n) is 15.1. The molecule has 0 saturated carbocycles. The highest BCUT2D eigenvalue weighted by atomic mass is 15.2. The van der Waals surface area contributed by atoms with Gasteiger partial charge in [0.25, 0.3) is 0 Å². The number of rotatable bonds is 2. The average molecular weight is 335 g/mol. The molecule has 1 fully saturated rings. The van der Waals surface area contributed by atoms with Crippen LogP contribution in [0.4, 0.5) is 5.69 Å². The fourth-order valence-corrected chi connectivity index (χ4v) is 3.32. The van der Waals surface area contributed by atoms with Crippen LogP contribution in [0.1, 0.15) is 26.3 Å². The first-order chi connectivity index (χ1) is 12.0. The summed E-state index contributed by atoms with van der Waals surface area (Å²) in [4.78, 5) is 15.1. The quantitative estimate of drug-likeness (QED) is 0.754. The number of H-pyrrole nitrogens is 1. The van der Waals surface area contributed by atoms with E-state index in [1.54, 1.807) is 0 Å². The summed E-state index contributed by atoms with van der Waals surface area (Å²) in [5, 5.41) is 3.40. The molecule has 0 bridgehead atoms. The molecule has 1 aromatic carbocycles. The van der Waals surface area contributed by atoms with Crippen LogP contribution in [0.25, 0.3) is 22.6 Å². The Hall–Kier alpha value is -2.40. The second-order valence-corrected chi connectivity index (χ2v) is 7.68. The Labute approximate surface area is 148 Å². The van der Waals surface area contributed by atoms with Crippen LogP contribution in [0.5, 0.6) is 0 Å². The molecule has 5 heteroatoms. The number of pyridine rings is 1. The van der Waals surface area contributed by atoms with Crippen LogP contribution in [0, 0.1) is 0 Å². The van der Waals surface area contributed by atoms with E-state index in [9.17, 15) is 0 Å². The number of nitrogens with zero attached hydrogens (tertiary/aromatic N) is 3. The Morgan fingerprint density at radius 1 is 1.00 bits per heavy atom. The first-order valence-corrected chi connectivity index (χ1v) is 8.94. The van der Waals surface area contributed by atoms with Gasteiger partial charge in [0.15, 0.2) is 5.65 Å². The molecule has 4 rings (SSSR count). The normalized spacial score (nSPS) is 15.7. The van der Waals surface area contributed by atoms with Crippen molar-refractivity contribution in [3.63, 3.8) is 0 Å². The van der Waals surface area contributed by atoms with Crippen LogP contribution >= 0.6 is 0 Å². The molecule has 1 aliphatic heterocycles. The predicted molar refractivity (Wildman–Crippen MR) is 103 cm³/mol. The molecular weight excluding hydrogens is 310 g/mol. The molecule has 0 radical (unpaired) electrons. The van der Waals surface area contributed by atoms with Crippen LogP contribution in [-0.2, 0) is 5.41 Å². The number of hydrogen-bond donors (Lipinski definition) is 2. The molecule has 3 aromatic rings. The van der Waals surface area contributed by atoms with Crippen molar-refractivity contribution >= 4 is 16.9 Å². The minimum atomic E-state index is 0.156. The Balaban J connectivity index is 1.71. The molecule has 1 saturated heterocycles.